The highest BCUT2D eigenvalue weighted by atomic mass is 35.5. The first-order valence-electron chi connectivity index (χ1n) is 5.45. The van der Waals surface area contributed by atoms with Gasteiger partial charge in [-0.2, -0.15) is 0 Å². The summed E-state index contributed by atoms with van der Waals surface area (Å²) in [5.74, 6) is 0.0821. The summed E-state index contributed by atoms with van der Waals surface area (Å²) in [6.07, 6.45) is 0. The lowest BCUT2D eigenvalue weighted by Crippen LogP contribution is -1.96. The fraction of sp³-hybridized carbons (Fsp3) is 0.133. The molecule has 0 unspecified atom stereocenters. The first-order chi connectivity index (χ1) is 8.08. The normalized spacial score (nSPS) is 10.3. The van der Waals surface area contributed by atoms with E-state index < -0.39 is 0 Å². The van der Waals surface area contributed by atoms with Gasteiger partial charge >= 0.3 is 0 Å². The molecule has 0 heterocycles. The molecule has 0 bridgehead atoms. The summed E-state index contributed by atoms with van der Waals surface area (Å²) in [6, 6.07) is 13.4. The third kappa shape index (κ3) is 2.56. The van der Waals surface area contributed by atoms with Crippen LogP contribution in [0.3, 0.4) is 0 Å². The van der Waals surface area contributed by atoms with Crippen LogP contribution in [0.25, 0.3) is 11.1 Å². The number of aryl methyl sites for hydroxylation is 1. The largest absolute Gasteiger partial charge is 0.294 e. The van der Waals surface area contributed by atoms with Gasteiger partial charge in [-0.3, -0.25) is 4.79 Å². The third-order valence-electron chi connectivity index (χ3n) is 2.71. The molecule has 2 aromatic carbocycles. The molecule has 0 aromatic heterocycles. The summed E-state index contributed by atoms with van der Waals surface area (Å²) in [6.45, 7) is 3.58. The molecule has 0 saturated carbocycles. The van der Waals surface area contributed by atoms with Crippen LogP contribution in [0.15, 0.2) is 42.5 Å². The molecule has 0 fully saturated rings. The number of carbonyl (C=O) groups is 1. The second-order valence-corrected chi connectivity index (χ2v) is 4.55. The summed E-state index contributed by atoms with van der Waals surface area (Å²) in [4.78, 5) is 11.6. The molecule has 0 aliphatic carbocycles. The van der Waals surface area contributed by atoms with Gasteiger partial charge in [-0.25, -0.2) is 0 Å². The Morgan fingerprint density at radius 3 is 2.29 bits per heavy atom. The van der Waals surface area contributed by atoms with E-state index in [-0.39, 0.29) is 5.78 Å². The third-order valence-corrected chi connectivity index (χ3v) is 2.96. The van der Waals surface area contributed by atoms with E-state index in [4.69, 9.17) is 11.6 Å². The predicted molar refractivity (Wildman–Crippen MR) is 71.6 cm³/mol. The second-order valence-electron chi connectivity index (χ2n) is 4.11. The Balaban J connectivity index is 2.58. The molecule has 0 amide bonds. The smallest absolute Gasteiger partial charge is 0.160 e. The number of rotatable bonds is 2. The number of ketones is 1. The highest BCUT2D eigenvalue weighted by molar-refractivity contribution is 6.30. The molecular formula is C15H13ClO. The Bertz CT molecular complexity index is 556. The van der Waals surface area contributed by atoms with Crippen molar-refractivity contribution in [3.8, 4) is 11.1 Å². The average Bonchev–Trinajstić information content (AvgIpc) is 2.30. The van der Waals surface area contributed by atoms with Crippen molar-refractivity contribution in [1.29, 1.82) is 0 Å². The van der Waals surface area contributed by atoms with Gasteiger partial charge in [0.1, 0.15) is 0 Å². The molecule has 2 heteroatoms. The van der Waals surface area contributed by atoms with Crippen molar-refractivity contribution >= 4 is 17.4 Å². The van der Waals surface area contributed by atoms with Crippen LogP contribution in [0.1, 0.15) is 22.8 Å². The van der Waals surface area contributed by atoms with E-state index in [1.807, 2.05) is 49.4 Å². The van der Waals surface area contributed by atoms with Gasteiger partial charge in [0, 0.05) is 10.6 Å². The van der Waals surface area contributed by atoms with Crippen LogP contribution < -0.4 is 0 Å². The van der Waals surface area contributed by atoms with Crippen molar-refractivity contribution in [2.45, 2.75) is 13.8 Å². The van der Waals surface area contributed by atoms with Gasteiger partial charge in [-0.05, 0) is 43.2 Å². The maximum absolute atomic E-state index is 11.6. The lowest BCUT2D eigenvalue weighted by Gasteiger charge is -2.08. The average molecular weight is 245 g/mol. The summed E-state index contributed by atoms with van der Waals surface area (Å²) >= 11 is 5.86. The predicted octanol–water partition coefficient (Wildman–Crippen LogP) is 4.52. The standard InChI is InChI=1S/C15H13ClO/c1-10-3-8-14(15(9-10)11(2)17)12-4-6-13(16)7-5-12/h3-9H,1-2H3. The molecule has 2 rings (SSSR count). The molecule has 0 radical (unpaired) electrons. The van der Waals surface area contributed by atoms with Crippen molar-refractivity contribution < 1.29 is 4.79 Å². The number of hydrogen-bond acceptors (Lipinski definition) is 1. The molecule has 86 valence electrons. The van der Waals surface area contributed by atoms with Gasteiger partial charge in [0.2, 0.25) is 0 Å². The van der Waals surface area contributed by atoms with Crippen molar-refractivity contribution in [3.63, 3.8) is 0 Å². The van der Waals surface area contributed by atoms with Gasteiger partial charge < -0.3 is 0 Å². The molecule has 0 saturated heterocycles. The zero-order valence-corrected chi connectivity index (χ0v) is 10.6. The number of hydrogen-bond donors (Lipinski definition) is 0. The van der Waals surface area contributed by atoms with Crippen LogP contribution in [0.5, 0.6) is 0 Å². The van der Waals surface area contributed by atoms with E-state index in [2.05, 4.69) is 0 Å². The van der Waals surface area contributed by atoms with Crippen molar-refractivity contribution in [2.75, 3.05) is 0 Å². The van der Waals surface area contributed by atoms with Gasteiger partial charge in [0.05, 0.1) is 0 Å². The van der Waals surface area contributed by atoms with Gasteiger partial charge in [-0.15, -0.1) is 0 Å². The van der Waals surface area contributed by atoms with Crippen LogP contribution in [0, 0.1) is 6.92 Å². The quantitative estimate of drug-likeness (QED) is 0.710. The van der Waals surface area contributed by atoms with Gasteiger partial charge in [0.25, 0.3) is 0 Å². The molecule has 17 heavy (non-hydrogen) atoms. The second kappa shape index (κ2) is 4.72. The highest BCUT2D eigenvalue weighted by Crippen LogP contribution is 2.26. The molecule has 2 aromatic rings. The van der Waals surface area contributed by atoms with E-state index in [1.54, 1.807) is 6.92 Å². The van der Waals surface area contributed by atoms with E-state index in [0.29, 0.717) is 5.02 Å². The molecule has 0 spiro atoms. The molecular weight excluding hydrogens is 232 g/mol. The maximum Gasteiger partial charge on any atom is 0.160 e. The van der Waals surface area contributed by atoms with Crippen LogP contribution >= 0.6 is 11.6 Å². The Morgan fingerprint density at radius 2 is 1.71 bits per heavy atom. The first kappa shape index (κ1) is 11.9. The molecule has 1 nitrogen and oxygen atoms in total. The Labute approximate surface area is 106 Å². The minimum Gasteiger partial charge on any atom is -0.294 e. The minimum atomic E-state index is 0.0821. The summed E-state index contributed by atoms with van der Waals surface area (Å²) in [5.41, 5.74) is 3.82. The lowest BCUT2D eigenvalue weighted by atomic mass is 9.96. The number of halogens is 1. The topological polar surface area (TPSA) is 17.1 Å². The molecule has 0 aliphatic rings. The van der Waals surface area contributed by atoms with E-state index in [9.17, 15) is 4.79 Å². The Kier molecular flexibility index (Phi) is 3.30. The lowest BCUT2D eigenvalue weighted by molar-refractivity contribution is 0.101. The van der Waals surface area contributed by atoms with Crippen LogP contribution in [-0.2, 0) is 0 Å². The van der Waals surface area contributed by atoms with E-state index >= 15 is 0 Å². The molecule has 0 atom stereocenters. The SMILES string of the molecule is CC(=O)c1cc(C)ccc1-c1ccc(Cl)cc1. The van der Waals surface area contributed by atoms with Crippen LogP contribution in [0.4, 0.5) is 0 Å². The van der Waals surface area contributed by atoms with E-state index in [1.165, 1.54) is 0 Å². The van der Waals surface area contributed by atoms with Gasteiger partial charge in [-0.1, -0.05) is 41.4 Å². The summed E-state index contributed by atoms with van der Waals surface area (Å²) in [7, 11) is 0. The van der Waals surface area contributed by atoms with Crippen molar-refractivity contribution in [2.24, 2.45) is 0 Å². The highest BCUT2D eigenvalue weighted by Gasteiger charge is 2.09. The molecule has 0 aliphatic heterocycles. The summed E-state index contributed by atoms with van der Waals surface area (Å²) in [5, 5.41) is 0.699. The zero-order chi connectivity index (χ0) is 12.4. The van der Waals surface area contributed by atoms with E-state index in [0.717, 1.165) is 22.3 Å². The summed E-state index contributed by atoms with van der Waals surface area (Å²) < 4.78 is 0. The monoisotopic (exact) mass is 244 g/mol. The Morgan fingerprint density at radius 1 is 1.06 bits per heavy atom. The van der Waals surface area contributed by atoms with Crippen LogP contribution in [0.2, 0.25) is 5.02 Å². The van der Waals surface area contributed by atoms with Crippen molar-refractivity contribution in [1.82, 2.24) is 0 Å². The Hall–Kier alpha value is -1.60. The van der Waals surface area contributed by atoms with Crippen LogP contribution in [-0.4, -0.2) is 5.78 Å². The number of benzene rings is 2. The maximum atomic E-state index is 11.6. The fourth-order valence-electron chi connectivity index (χ4n) is 1.83. The number of Topliss-reactive ketones (excluding diaryl/α,β-unsaturated/α-hetero) is 1. The number of carbonyl (C=O) groups excluding carboxylic acids is 1. The fourth-order valence-corrected chi connectivity index (χ4v) is 1.96. The van der Waals surface area contributed by atoms with Crippen molar-refractivity contribution in [3.05, 3.63) is 58.6 Å². The minimum absolute atomic E-state index is 0.0821. The first-order valence-corrected chi connectivity index (χ1v) is 5.83. The molecule has 0 N–H and O–H groups in total. The van der Waals surface area contributed by atoms with Gasteiger partial charge in [0.15, 0.2) is 5.78 Å². The zero-order valence-electron chi connectivity index (χ0n) is 9.83.